The highest BCUT2D eigenvalue weighted by atomic mass is 16.5. The Hall–Kier alpha value is -1.39. The number of hydrogen-bond donors (Lipinski definition) is 6. The average Bonchev–Trinajstić information content (AvgIpc) is 2.77. The van der Waals surface area contributed by atoms with E-state index in [9.17, 15) is 35.4 Å². The maximum atomic E-state index is 13.0. The van der Waals surface area contributed by atoms with Gasteiger partial charge in [-0.05, 0) is 30.2 Å². The molecule has 0 saturated heterocycles. The van der Waals surface area contributed by atoms with Crippen LogP contribution in [0.1, 0.15) is 44.6 Å². The number of benzene rings is 1. The molecule has 0 heterocycles. The van der Waals surface area contributed by atoms with E-state index in [-0.39, 0.29) is 12.8 Å². The van der Waals surface area contributed by atoms with Gasteiger partial charge in [-0.1, -0.05) is 44.2 Å². The Kier molecular flexibility index (Phi) is 7.77. The Morgan fingerprint density at radius 2 is 1.56 bits per heavy atom. The summed E-state index contributed by atoms with van der Waals surface area (Å²) in [6, 6.07) is 8.85. The molecule has 2 saturated carbocycles. The molecule has 0 radical (unpaired) electrons. The van der Waals surface area contributed by atoms with Gasteiger partial charge in [-0.3, -0.25) is 4.79 Å². The van der Waals surface area contributed by atoms with Crippen LogP contribution in [0.25, 0.3) is 0 Å². The van der Waals surface area contributed by atoms with Crippen LogP contribution < -0.4 is 0 Å². The molecule has 6 N–H and O–H groups in total. The summed E-state index contributed by atoms with van der Waals surface area (Å²) in [6.45, 7) is 3.56. The van der Waals surface area contributed by atoms with E-state index in [2.05, 4.69) is 0 Å². The maximum Gasteiger partial charge on any atom is 0.162 e. The summed E-state index contributed by atoms with van der Waals surface area (Å²) < 4.78 is 5.25. The van der Waals surface area contributed by atoms with Gasteiger partial charge in [0, 0.05) is 25.4 Å². The zero-order valence-electron chi connectivity index (χ0n) is 18.8. The highest BCUT2D eigenvalue weighted by Gasteiger charge is 2.59. The molecule has 8 nitrogen and oxygen atoms in total. The lowest BCUT2D eigenvalue weighted by Gasteiger charge is -2.53. The summed E-state index contributed by atoms with van der Waals surface area (Å²) in [5.74, 6) is -3.16. The lowest BCUT2D eigenvalue weighted by atomic mass is 9.62. The second-order valence-corrected chi connectivity index (χ2v) is 9.68. The summed E-state index contributed by atoms with van der Waals surface area (Å²) in [4.78, 5) is 13.0. The molecule has 180 valence electrons. The van der Waals surface area contributed by atoms with E-state index in [0.717, 1.165) is 0 Å². The molecule has 2 aliphatic carbocycles. The number of ether oxygens (including phenoxy) is 1. The van der Waals surface area contributed by atoms with Crippen molar-refractivity contribution < 1.29 is 40.2 Å². The number of aliphatic hydroxyl groups excluding tert-OH is 5. The monoisotopic (exact) mass is 452 g/mol. The van der Waals surface area contributed by atoms with Crippen LogP contribution in [0.3, 0.4) is 0 Å². The quantitative estimate of drug-likeness (QED) is 0.367. The summed E-state index contributed by atoms with van der Waals surface area (Å²) in [6.07, 6.45) is -8.44. The van der Waals surface area contributed by atoms with Crippen LogP contribution in [0.5, 0.6) is 0 Å². The summed E-state index contributed by atoms with van der Waals surface area (Å²) in [5.41, 5.74) is -1.37. The van der Waals surface area contributed by atoms with Gasteiger partial charge in [0.2, 0.25) is 0 Å². The first-order chi connectivity index (χ1) is 15.0. The highest BCUT2D eigenvalue weighted by molar-refractivity contribution is 5.84. The van der Waals surface area contributed by atoms with Crippen LogP contribution in [0.2, 0.25) is 0 Å². The summed E-state index contributed by atoms with van der Waals surface area (Å²) in [5, 5.41) is 66.0. The van der Waals surface area contributed by atoms with Gasteiger partial charge in [0.1, 0.15) is 23.9 Å². The van der Waals surface area contributed by atoms with Crippen LogP contribution in [0, 0.1) is 17.8 Å². The third-order valence-electron chi connectivity index (χ3n) is 7.66. The molecule has 8 heteroatoms. The lowest BCUT2D eigenvalue weighted by Crippen LogP contribution is -2.70. The number of fused-ring (bicyclic) bond motifs is 2. The van der Waals surface area contributed by atoms with Crippen molar-refractivity contribution in [3.63, 3.8) is 0 Å². The van der Waals surface area contributed by atoms with Crippen LogP contribution in [0.15, 0.2) is 30.3 Å². The number of aliphatic hydroxyl groups is 6. The van der Waals surface area contributed by atoms with Crippen molar-refractivity contribution in [3.05, 3.63) is 35.9 Å². The largest absolute Gasteiger partial charge is 0.392 e. The van der Waals surface area contributed by atoms with Crippen LogP contribution in [-0.4, -0.2) is 85.8 Å². The molecule has 1 aromatic carbocycles. The average molecular weight is 453 g/mol. The highest BCUT2D eigenvalue weighted by Crippen LogP contribution is 2.44. The fourth-order valence-electron chi connectivity index (χ4n) is 5.82. The molecule has 1 aromatic rings. The summed E-state index contributed by atoms with van der Waals surface area (Å²) >= 11 is 0. The van der Waals surface area contributed by atoms with Crippen molar-refractivity contribution in [2.45, 2.75) is 81.3 Å². The fourth-order valence-corrected chi connectivity index (χ4v) is 5.82. The summed E-state index contributed by atoms with van der Waals surface area (Å²) in [7, 11) is 1.26. The second kappa shape index (κ2) is 9.85. The molecule has 2 fully saturated rings. The van der Waals surface area contributed by atoms with Crippen LogP contribution in [0.4, 0.5) is 0 Å². The number of ketones is 1. The van der Waals surface area contributed by atoms with Gasteiger partial charge in [0.15, 0.2) is 5.78 Å². The Morgan fingerprint density at radius 1 is 0.938 bits per heavy atom. The number of Topliss-reactive ketones (excluding diaryl/α,β-unsaturated/α-hetero) is 1. The van der Waals surface area contributed by atoms with Gasteiger partial charge < -0.3 is 35.4 Å². The predicted molar refractivity (Wildman–Crippen MR) is 116 cm³/mol. The first-order valence-corrected chi connectivity index (χ1v) is 11.3. The predicted octanol–water partition coefficient (Wildman–Crippen LogP) is -0.0242. The number of hydrogen-bond acceptors (Lipinski definition) is 8. The van der Waals surface area contributed by atoms with Crippen LogP contribution >= 0.6 is 0 Å². The van der Waals surface area contributed by atoms with Crippen molar-refractivity contribution >= 4 is 5.78 Å². The third-order valence-corrected chi connectivity index (χ3v) is 7.66. The minimum absolute atomic E-state index is 0.275. The van der Waals surface area contributed by atoms with Crippen molar-refractivity contribution in [1.82, 2.24) is 0 Å². The Morgan fingerprint density at radius 3 is 2.16 bits per heavy atom. The molecule has 32 heavy (non-hydrogen) atoms. The van der Waals surface area contributed by atoms with Crippen molar-refractivity contribution in [2.24, 2.45) is 17.8 Å². The minimum Gasteiger partial charge on any atom is -0.392 e. The standard InChI is InChI=1S/C24H36O8/c1-12-11-13(2)18(26)17(14-7-5-4-6-8-14)19(27)15(25)9-10-24(31)22(30)16(12)20(28)21(29)23(24)32-3/h4-8,12-13,16-23,26-31H,9-11H2,1-3H3. The minimum atomic E-state index is -2.00. The van der Waals surface area contributed by atoms with E-state index < -0.39 is 71.7 Å². The topological polar surface area (TPSA) is 148 Å². The van der Waals surface area contributed by atoms with E-state index in [0.29, 0.717) is 12.0 Å². The zero-order valence-corrected chi connectivity index (χ0v) is 18.8. The normalized spacial score (nSPS) is 46.2. The number of rotatable bonds is 2. The fraction of sp³-hybridized carbons (Fsp3) is 0.708. The smallest absolute Gasteiger partial charge is 0.162 e. The maximum absolute atomic E-state index is 13.0. The molecular weight excluding hydrogens is 416 g/mol. The Labute approximate surface area is 188 Å². The SMILES string of the molecule is COC1C(O)C(O)C2C(C)CC(C)C(O)C(c3ccccc3)C(O)C(=O)CCC1(O)C2O. The van der Waals surface area contributed by atoms with E-state index in [1.54, 1.807) is 44.2 Å². The van der Waals surface area contributed by atoms with Gasteiger partial charge in [0.05, 0.1) is 18.3 Å². The molecule has 0 spiro atoms. The molecular formula is C24H36O8. The zero-order chi connectivity index (χ0) is 23.8. The van der Waals surface area contributed by atoms with Crippen molar-refractivity contribution in [1.29, 1.82) is 0 Å². The molecule has 0 aliphatic heterocycles. The van der Waals surface area contributed by atoms with Crippen LogP contribution in [-0.2, 0) is 9.53 Å². The third kappa shape index (κ3) is 4.37. The van der Waals surface area contributed by atoms with E-state index in [1.165, 1.54) is 7.11 Å². The first-order valence-electron chi connectivity index (χ1n) is 11.3. The Bertz CT molecular complexity index is 773. The number of carbonyl (C=O) groups excluding carboxylic acids is 1. The molecule has 0 amide bonds. The Balaban J connectivity index is 2.04. The number of carbonyl (C=O) groups is 1. The van der Waals surface area contributed by atoms with Gasteiger partial charge in [-0.2, -0.15) is 0 Å². The molecule has 2 aliphatic rings. The van der Waals surface area contributed by atoms with Gasteiger partial charge in [-0.25, -0.2) is 0 Å². The molecule has 11 atom stereocenters. The van der Waals surface area contributed by atoms with Gasteiger partial charge in [-0.15, -0.1) is 0 Å². The van der Waals surface area contributed by atoms with E-state index in [1.807, 2.05) is 0 Å². The molecule has 3 rings (SSSR count). The van der Waals surface area contributed by atoms with Gasteiger partial charge in [0.25, 0.3) is 0 Å². The van der Waals surface area contributed by atoms with Crippen molar-refractivity contribution in [3.8, 4) is 0 Å². The van der Waals surface area contributed by atoms with Gasteiger partial charge >= 0.3 is 0 Å². The molecule has 2 bridgehead atoms. The number of methoxy groups -OCH3 is 1. The van der Waals surface area contributed by atoms with Crippen molar-refractivity contribution in [2.75, 3.05) is 7.11 Å². The first kappa shape index (κ1) is 25.2. The molecule has 0 aromatic heterocycles. The second-order valence-electron chi connectivity index (χ2n) is 9.68. The molecule has 11 unspecified atom stereocenters. The lowest BCUT2D eigenvalue weighted by molar-refractivity contribution is -0.270. The van der Waals surface area contributed by atoms with E-state index >= 15 is 0 Å². The van der Waals surface area contributed by atoms with E-state index in [4.69, 9.17) is 4.74 Å².